The number of hydrogen-bond donors (Lipinski definition) is 2. The van der Waals surface area contributed by atoms with E-state index in [1.165, 1.54) is 0 Å². The topological polar surface area (TPSA) is 72.2 Å². The molecule has 0 aliphatic heterocycles. The van der Waals surface area contributed by atoms with Crippen molar-refractivity contribution in [2.45, 2.75) is 19.5 Å². The van der Waals surface area contributed by atoms with Crippen LogP contribution in [-0.4, -0.2) is 35.3 Å². The highest BCUT2D eigenvalue weighted by Gasteiger charge is 2.22. The molecule has 1 unspecified atom stereocenters. The molecule has 0 saturated heterocycles. The lowest BCUT2D eigenvalue weighted by Gasteiger charge is -2.18. The summed E-state index contributed by atoms with van der Waals surface area (Å²) in [6, 6.07) is 1.81. The smallest absolute Gasteiger partial charge is 0.101 e. The average Bonchev–Trinajstić information content (AvgIpc) is 2.97. The molecule has 1 atom stereocenters. The van der Waals surface area contributed by atoms with Gasteiger partial charge in [0, 0.05) is 12.1 Å². The largest absolute Gasteiger partial charge is 0.469 e. The van der Waals surface area contributed by atoms with Crippen molar-refractivity contribution in [3.63, 3.8) is 0 Å². The van der Waals surface area contributed by atoms with Crippen molar-refractivity contribution in [1.29, 1.82) is 0 Å². The van der Waals surface area contributed by atoms with Gasteiger partial charge in [-0.05, 0) is 43.0 Å². The van der Waals surface area contributed by atoms with Gasteiger partial charge in [-0.1, -0.05) is 0 Å². The Labute approximate surface area is 127 Å². The Kier molecular flexibility index (Phi) is 4.98. The lowest BCUT2D eigenvalue weighted by molar-refractivity contribution is 0.365. The van der Waals surface area contributed by atoms with Gasteiger partial charge in [0.2, 0.25) is 0 Å². The molecule has 0 aromatic carbocycles. The molecule has 0 aliphatic carbocycles. The van der Waals surface area contributed by atoms with E-state index in [2.05, 4.69) is 31.4 Å². The maximum Gasteiger partial charge on any atom is 0.101 e. The van der Waals surface area contributed by atoms with Crippen molar-refractivity contribution >= 4 is 15.9 Å². The van der Waals surface area contributed by atoms with Gasteiger partial charge in [-0.25, -0.2) is 5.43 Å². The summed E-state index contributed by atoms with van der Waals surface area (Å²) in [6.07, 6.45) is 3.51. The van der Waals surface area contributed by atoms with E-state index in [0.29, 0.717) is 0 Å². The van der Waals surface area contributed by atoms with Crippen LogP contribution in [-0.2, 0) is 6.54 Å². The number of nitrogens with zero attached hydrogens (tertiary/aromatic N) is 3. The van der Waals surface area contributed by atoms with Gasteiger partial charge in [-0.3, -0.25) is 10.5 Å². The Bertz CT molecular complexity index is 563. The minimum absolute atomic E-state index is 0.161. The maximum absolute atomic E-state index is 5.73. The van der Waals surface area contributed by atoms with Gasteiger partial charge in [0.25, 0.3) is 0 Å². The average molecular weight is 342 g/mol. The Morgan fingerprint density at radius 3 is 2.85 bits per heavy atom. The molecular formula is C13H20BrN5O. The van der Waals surface area contributed by atoms with Gasteiger partial charge >= 0.3 is 0 Å². The number of likely N-dealkylation sites (N-methyl/N-ethyl adjacent to an activating group) is 1. The summed E-state index contributed by atoms with van der Waals surface area (Å²) in [5, 5.41) is 4.41. The van der Waals surface area contributed by atoms with Crippen LogP contribution >= 0.6 is 15.9 Å². The molecule has 2 aromatic heterocycles. The van der Waals surface area contributed by atoms with Crippen LogP contribution < -0.4 is 11.3 Å². The first kappa shape index (κ1) is 15.2. The molecule has 3 N–H and O–H groups in total. The first-order valence-electron chi connectivity index (χ1n) is 6.40. The third kappa shape index (κ3) is 3.29. The molecule has 2 heterocycles. The van der Waals surface area contributed by atoms with Crippen LogP contribution in [0.1, 0.15) is 23.1 Å². The highest BCUT2D eigenvalue weighted by Crippen LogP contribution is 2.29. The van der Waals surface area contributed by atoms with Gasteiger partial charge in [0.05, 0.1) is 35.2 Å². The van der Waals surface area contributed by atoms with E-state index >= 15 is 0 Å². The van der Waals surface area contributed by atoms with E-state index in [4.69, 9.17) is 10.3 Å². The molecule has 0 aliphatic rings. The normalized spacial score (nSPS) is 13.1. The number of aryl methyl sites for hydroxylation is 1. The van der Waals surface area contributed by atoms with Crippen molar-refractivity contribution < 1.29 is 4.42 Å². The fourth-order valence-electron chi connectivity index (χ4n) is 2.08. The molecule has 0 spiro atoms. The van der Waals surface area contributed by atoms with Crippen molar-refractivity contribution in [3.05, 3.63) is 40.0 Å². The number of halogens is 1. The van der Waals surface area contributed by atoms with Gasteiger partial charge in [0.15, 0.2) is 0 Å². The molecule has 0 amide bonds. The fourth-order valence-corrected chi connectivity index (χ4v) is 2.61. The van der Waals surface area contributed by atoms with Crippen LogP contribution in [0.2, 0.25) is 0 Å². The first-order chi connectivity index (χ1) is 9.52. The SMILES string of the molecule is Cc1cc(C(NN)c2c(Br)cnn2CCN(C)C)co1. The van der Waals surface area contributed by atoms with E-state index in [1.807, 2.05) is 31.8 Å². The van der Waals surface area contributed by atoms with E-state index in [9.17, 15) is 0 Å². The molecule has 2 rings (SSSR count). The maximum atomic E-state index is 5.73. The Morgan fingerprint density at radius 2 is 2.30 bits per heavy atom. The Balaban J connectivity index is 2.31. The predicted molar refractivity (Wildman–Crippen MR) is 81.1 cm³/mol. The zero-order valence-electron chi connectivity index (χ0n) is 11.9. The first-order valence-corrected chi connectivity index (χ1v) is 7.19. The molecule has 20 heavy (non-hydrogen) atoms. The van der Waals surface area contributed by atoms with Crippen LogP contribution in [0.15, 0.2) is 27.4 Å². The minimum Gasteiger partial charge on any atom is -0.469 e. The molecule has 6 nitrogen and oxygen atoms in total. The molecule has 110 valence electrons. The summed E-state index contributed by atoms with van der Waals surface area (Å²) in [5.74, 6) is 6.59. The third-order valence-electron chi connectivity index (χ3n) is 3.12. The molecule has 0 fully saturated rings. The van der Waals surface area contributed by atoms with Crippen molar-refractivity contribution in [2.75, 3.05) is 20.6 Å². The van der Waals surface area contributed by atoms with Crippen LogP contribution in [0.5, 0.6) is 0 Å². The number of furan rings is 1. The number of nitrogens with two attached hydrogens (primary N) is 1. The second kappa shape index (κ2) is 6.53. The molecular weight excluding hydrogens is 322 g/mol. The third-order valence-corrected chi connectivity index (χ3v) is 3.73. The summed E-state index contributed by atoms with van der Waals surface area (Å²) in [5.41, 5.74) is 4.82. The lowest BCUT2D eigenvalue weighted by Crippen LogP contribution is -2.31. The summed E-state index contributed by atoms with van der Waals surface area (Å²) in [4.78, 5) is 2.12. The summed E-state index contributed by atoms with van der Waals surface area (Å²) >= 11 is 3.55. The van der Waals surface area contributed by atoms with Gasteiger partial charge in [0.1, 0.15) is 5.76 Å². The van der Waals surface area contributed by atoms with Crippen LogP contribution in [0.4, 0.5) is 0 Å². The Morgan fingerprint density at radius 1 is 1.55 bits per heavy atom. The fraction of sp³-hybridized carbons (Fsp3) is 0.462. The standard InChI is InChI=1S/C13H20BrN5O/c1-9-6-10(8-20-9)12(17-15)13-11(14)7-16-19(13)5-4-18(2)3/h6-8,12,17H,4-5,15H2,1-3H3. The zero-order valence-corrected chi connectivity index (χ0v) is 13.5. The van der Waals surface area contributed by atoms with Crippen LogP contribution in [0.3, 0.4) is 0 Å². The van der Waals surface area contributed by atoms with E-state index < -0.39 is 0 Å². The van der Waals surface area contributed by atoms with Crippen molar-refractivity contribution in [3.8, 4) is 0 Å². The van der Waals surface area contributed by atoms with Gasteiger partial charge in [-0.15, -0.1) is 0 Å². The highest BCUT2D eigenvalue weighted by atomic mass is 79.9. The molecule has 7 heteroatoms. The number of nitrogens with one attached hydrogen (secondary N) is 1. The number of aromatic nitrogens is 2. The minimum atomic E-state index is -0.161. The number of rotatable bonds is 6. The second-order valence-electron chi connectivity index (χ2n) is 4.99. The quantitative estimate of drug-likeness (QED) is 0.617. The van der Waals surface area contributed by atoms with E-state index in [0.717, 1.165) is 34.6 Å². The summed E-state index contributed by atoms with van der Waals surface area (Å²) in [7, 11) is 4.08. The summed E-state index contributed by atoms with van der Waals surface area (Å²) < 4.78 is 8.26. The molecule has 0 bridgehead atoms. The van der Waals surface area contributed by atoms with Gasteiger partial charge in [-0.2, -0.15) is 5.10 Å². The second-order valence-corrected chi connectivity index (χ2v) is 5.85. The zero-order chi connectivity index (χ0) is 14.7. The molecule has 0 radical (unpaired) electrons. The predicted octanol–water partition coefficient (Wildman–Crippen LogP) is 1.66. The van der Waals surface area contributed by atoms with Crippen LogP contribution in [0, 0.1) is 6.92 Å². The molecule has 2 aromatic rings. The Hall–Kier alpha value is -1.15. The number of hydrogen-bond acceptors (Lipinski definition) is 5. The van der Waals surface area contributed by atoms with E-state index in [-0.39, 0.29) is 6.04 Å². The summed E-state index contributed by atoms with van der Waals surface area (Å²) in [6.45, 7) is 3.61. The van der Waals surface area contributed by atoms with Gasteiger partial charge < -0.3 is 9.32 Å². The number of hydrazine groups is 1. The van der Waals surface area contributed by atoms with Crippen molar-refractivity contribution in [1.82, 2.24) is 20.1 Å². The van der Waals surface area contributed by atoms with Crippen molar-refractivity contribution in [2.24, 2.45) is 5.84 Å². The van der Waals surface area contributed by atoms with E-state index in [1.54, 1.807) is 12.5 Å². The van der Waals surface area contributed by atoms with Crippen LogP contribution in [0.25, 0.3) is 0 Å². The monoisotopic (exact) mass is 341 g/mol. The highest BCUT2D eigenvalue weighted by molar-refractivity contribution is 9.10. The molecule has 0 saturated carbocycles. The lowest BCUT2D eigenvalue weighted by atomic mass is 10.1.